The van der Waals surface area contributed by atoms with Crippen molar-refractivity contribution < 1.29 is 4.79 Å². The van der Waals surface area contributed by atoms with Crippen molar-refractivity contribution in [1.29, 1.82) is 0 Å². The number of fused-ring (bicyclic) bond motifs is 1. The summed E-state index contributed by atoms with van der Waals surface area (Å²) in [5.74, 6) is 0.221. The molecule has 19 heavy (non-hydrogen) atoms. The summed E-state index contributed by atoms with van der Waals surface area (Å²) in [4.78, 5) is 16.1. The van der Waals surface area contributed by atoms with Crippen molar-refractivity contribution in [3.8, 4) is 0 Å². The summed E-state index contributed by atoms with van der Waals surface area (Å²) >= 11 is 0. The average molecular weight is 257 g/mol. The van der Waals surface area contributed by atoms with Crippen LogP contribution in [-0.2, 0) is 4.79 Å². The molecule has 0 saturated heterocycles. The van der Waals surface area contributed by atoms with E-state index in [1.807, 2.05) is 44.2 Å². The minimum Gasteiger partial charge on any atom is -0.327 e. The Bertz CT molecular complexity index is 580. The molecule has 4 nitrogen and oxygen atoms in total. The van der Waals surface area contributed by atoms with Crippen molar-refractivity contribution in [1.82, 2.24) is 4.98 Å². The predicted molar refractivity (Wildman–Crippen MR) is 77.8 cm³/mol. The summed E-state index contributed by atoms with van der Waals surface area (Å²) in [6, 6.07) is 9.60. The van der Waals surface area contributed by atoms with E-state index in [1.54, 1.807) is 6.20 Å². The van der Waals surface area contributed by atoms with Crippen molar-refractivity contribution in [3.63, 3.8) is 0 Å². The van der Waals surface area contributed by atoms with Crippen LogP contribution in [0.15, 0.2) is 36.5 Å². The van der Waals surface area contributed by atoms with E-state index >= 15 is 0 Å². The zero-order valence-electron chi connectivity index (χ0n) is 11.3. The van der Waals surface area contributed by atoms with Crippen molar-refractivity contribution in [2.45, 2.75) is 26.3 Å². The van der Waals surface area contributed by atoms with Crippen LogP contribution in [-0.4, -0.2) is 16.9 Å². The summed E-state index contributed by atoms with van der Waals surface area (Å²) in [5, 5.41) is 3.85. The molecule has 1 aromatic carbocycles. The first-order valence-electron chi connectivity index (χ1n) is 6.46. The molecule has 1 heterocycles. The normalized spacial score (nSPS) is 12.6. The number of pyridine rings is 1. The average Bonchev–Trinajstić information content (AvgIpc) is 2.38. The molecule has 1 amide bonds. The molecule has 0 aliphatic heterocycles. The standard InChI is InChI=1S/C15H19N3O/c1-10(2)13(16)8-15(19)18-12-7-11-5-3-4-6-14(11)17-9-12/h3-7,9-10,13H,8,16H2,1-2H3,(H,18,19). The largest absolute Gasteiger partial charge is 0.327 e. The SMILES string of the molecule is CC(C)C(N)CC(=O)Nc1cnc2ccccc2c1. The molecular weight excluding hydrogens is 238 g/mol. The van der Waals surface area contributed by atoms with E-state index in [1.165, 1.54) is 0 Å². The number of amides is 1. The molecule has 0 bridgehead atoms. The minimum absolute atomic E-state index is 0.0710. The number of anilines is 1. The van der Waals surface area contributed by atoms with E-state index in [-0.39, 0.29) is 11.9 Å². The Kier molecular flexibility index (Phi) is 4.12. The smallest absolute Gasteiger partial charge is 0.225 e. The van der Waals surface area contributed by atoms with Crippen LogP contribution < -0.4 is 11.1 Å². The zero-order chi connectivity index (χ0) is 13.8. The first-order valence-corrected chi connectivity index (χ1v) is 6.46. The van der Waals surface area contributed by atoms with Crippen LogP contribution in [0.3, 0.4) is 0 Å². The molecule has 0 aliphatic carbocycles. The van der Waals surface area contributed by atoms with Crippen LogP contribution in [0, 0.1) is 5.92 Å². The van der Waals surface area contributed by atoms with E-state index in [0.29, 0.717) is 18.0 Å². The second kappa shape index (κ2) is 5.80. The molecule has 1 atom stereocenters. The van der Waals surface area contributed by atoms with Gasteiger partial charge in [0.05, 0.1) is 17.4 Å². The van der Waals surface area contributed by atoms with Crippen LogP contribution in [0.1, 0.15) is 20.3 Å². The molecule has 0 fully saturated rings. The van der Waals surface area contributed by atoms with E-state index in [0.717, 1.165) is 10.9 Å². The number of hydrogen-bond donors (Lipinski definition) is 2. The van der Waals surface area contributed by atoms with Gasteiger partial charge in [0.1, 0.15) is 0 Å². The highest BCUT2D eigenvalue weighted by atomic mass is 16.1. The lowest BCUT2D eigenvalue weighted by Crippen LogP contribution is -2.31. The lowest BCUT2D eigenvalue weighted by atomic mass is 10.0. The third kappa shape index (κ3) is 3.51. The minimum atomic E-state index is -0.117. The number of nitrogens with one attached hydrogen (secondary N) is 1. The molecule has 4 heteroatoms. The molecule has 1 unspecified atom stereocenters. The Morgan fingerprint density at radius 3 is 2.84 bits per heavy atom. The first kappa shape index (κ1) is 13.5. The maximum absolute atomic E-state index is 11.8. The number of nitrogens with two attached hydrogens (primary N) is 1. The van der Waals surface area contributed by atoms with Gasteiger partial charge in [-0.15, -0.1) is 0 Å². The van der Waals surface area contributed by atoms with E-state index in [9.17, 15) is 4.79 Å². The van der Waals surface area contributed by atoms with Gasteiger partial charge in [-0.25, -0.2) is 0 Å². The van der Waals surface area contributed by atoms with Crippen LogP contribution in [0.2, 0.25) is 0 Å². The summed E-state index contributed by atoms with van der Waals surface area (Å²) < 4.78 is 0. The Morgan fingerprint density at radius 1 is 1.37 bits per heavy atom. The van der Waals surface area contributed by atoms with Gasteiger partial charge >= 0.3 is 0 Å². The number of para-hydroxylation sites is 1. The highest BCUT2D eigenvalue weighted by Gasteiger charge is 2.13. The number of rotatable bonds is 4. The van der Waals surface area contributed by atoms with Gasteiger partial charge in [0.25, 0.3) is 0 Å². The van der Waals surface area contributed by atoms with Gasteiger partial charge in [0.15, 0.2) is 0 Å². The fourth-order valence-corrected chi connectivity index (χ4v) is 1.80. The molecule has 0 radical (unpaired) electrons. The zero-order valence-corrected chi connectivity index (χ0v) is 11.3. The van der Waals surface area contributed by atoms with Crippen molar-refractivity contribution in [2.75, 3.05) is 5.32 Å². The molecule has 2 aromatic rings. The second-order valence-corrected chi connectivity index (χ2v) is 5.08. The topological polar surface area (TPSA) is 68.0 Å². The van der Waals surface area contributed by atoms with Gasteiger partial charge in [-0.05, 0) is 18.1 Å². The Hall–Kier alpha value is -1.94. The maximum atomic E-state index is 11.8. The summed E-state index contributed by atoms with van der Waals surface area (Å²) in [5.41, 5.74) is 7.51. The van der Waals surface area contributed by atoms with Gasteiger partial charge in [-0.1, -0.05) is 32.0 Å². The first-order chi connectivity index (χ1) is 9.06. The second-order valence-electron chi connectivity index (χ2n) is 5.08. The molecular formula is C15H19N3O. The summed E-state index contributed by atoms with van der Waals surface area (Å²) in [6.45, 7) is 4.02. The molecule has 1 aromatic heterocycles. The number of benzene rings is 1. The molecule has 100 valence electrons. The number of nitrogens with zero attached hydrogens (tertiary/aromatic N) is 1. The van der Waals surface area contributed by atoms with Gasteiger partial charge < -0.3 is 11.1 Å². The lowest BCUT2D eigenvalue weighted by Gasteiger charge is -2.15. The van der Waals surface area contributed by atoms with Crippen molar-refractivity contribution in [2.24, 2.45) is 11.7 Å². The molecule has 2 rings (SSSR count). The van der Waals surface area contributed by atoms with E-state index in [2.05, 4.69) is 10.3 Å². The highest BCUT2D eigenvalue weighted by molar-refractivity contribution is 5.93. The lowest BCUT2D eigenvalue weighted by molar-refractivity contribution is -0.116. The predicted octanol–water partition coefficient (Wildman–Crippen LogP) is 2.55. The fraction of sp³-hybridized carbons (Fsp3) is 0.333. The van der Waals surface area contributed by atoms with E-state index in [4.69, 9.17) is 5.73 Å². The third-order valence-corrected chi connectivity index (χ3v) is 3.15. The Balaban J connectivity index is 2.07. The molecule has 0 spiro atoms. The Morgan fingerprint density at radius 2 is 2.11 bits per heavy atom. The van der Waals surface area contributed by atoms with Gasteiger partial charge in [0.2, 0.25) is 5.91 Å². The van der Waals surface area contributed by atoms with Crippen molar-refractivity contribution in [3.05, 3.63) is 36.5 Å². The number of carbonyl (C=O) groups is 1. The quantitative estimate of drug-likeness (QED) is 0.884. The fourth-order valence-electron chi connectivity index (χ4n) is 1.80. The summed E-state index contributed by atoms with van der Waals surface area (Å²) in [7, 11) is 0. The van der Waals surface area contributed by atoms with Gasteiger partial charge in [-0.2, -0.15) is 0 Å². The van der Waals surface area contributed by atoms with Crippen LogP contribution in [0.4, 0.5) is 5.69 Å². The summed E-state index contributed by atoms with van der Waals surface area (Å²) in [6.07, 6.45) is 1.99. The third-order valence-electron chi connectivity index (χ3n) is 3.15. The molecule has 0 saturated carbocycles. The van der Waals surface area contributed by atoms with Crippen molar-refractivity contribution >= 4 is 22.5 Å². The van der Waals surface area contributed by atoms with Gasteiger partial charge in [-0.3, -0.25) is 9.78 Å². The number of aromatic nitrogens is 1. The highest BCUT2D eigenvalue weighted by Crippen LogP contribution is 2.16. The van der Waals surface area contributed by atoms with Crippen LogP contribution in [0.25, 0.3) is 10.9 Å². The molecule has 0 aliphatic rings. The van der Waals surface area contributed by atoms with Gasteiger partial charge in [0, 0.05) is 17.8 Å². The number of hydrogen-bond acceptors (Lipinski definition) is 3. The monoisotopic (exact) mass is 257 g/mol. The van der Waals surface area contributed by atoms with Crippen LogP contribution >= 0.6 is 0 Å². The van der Waals surface area contributed by atoms with Crippen LogP contribution in [0.5, 0.6) is 0 Å². The maximum Gasteiger partial charge on any atom is 0.225 e. The number of carbonyl (C=O) groups excluding carboxylic acids is 1. The van der Waals surface area contributed by atoms with E-state index < -0.39 is 0 Å². The molecule has 3 N–H and O–H groups in total. The Labute approximate surface area is 113 Å².